The maximum Gasteiger partial charge on any atom is 0.0250 e. The third-order valence-corrected chi connectivity index (χ3v) is 5.97. The van der Waals surface area contributed by atoms with Crippen LogP contribution in [0.5, 0.6) is 0 Å². The summed E-state index contributed by atoms with van der Waals surface area (Å²) in [5.41, 5.74) is 7.24. The highest BCUT2D eigenvalue weighted by molar-refractivity contribution is 6.14. The number of fused-ring (bicyclic) bond motifs is 7. The van der Waals surface area contributed by atoms with Crippen molar-refractivity contribution in [1.29, 1.82) is 0 Å². The lowest BCUT2D eigenvalue weighted by Gasteiger charge is -2.18. The van der Waals surface area contributed by atoms with E-state index in [0.29, 0.717) is 5.92 Å². The Balaban J connectivity index is 1.63. The summed E-state index contributed by atoms with van der Waals surface area (Å²) in [5.74, 6) is 0.381. The van der Waals surface area contributed by atoms with Gasteiger partial charge in [-0.3, -0.25) is 0 Å². The topological polar surface area (TPSA) is 0 Å². The van der Waals surface area contributed by atoms with Gasteiger partial charge in [0.1, 0.15) is 0 Å². The molecule has 1 unspecified atom stereocenters. The first-order valence-corrected chi connectivity index (χ1v) is 9.30. The molecule has 0 saturated carbocycles. The molecule has 26 heavy (non-hydrogen) atoms. The Kier molecular flexibility index (Phi) is 2.81. The minimum atomic E-state index is 0.381. The molecule has 0 amide bonds. The third kappa shape index (κ3) is 1.84. The summed E-state index contributed by atoms with van der Waals surface area (Å²) < 4.78 is 0. The molecule has 2 aliphatic rings. The van der Waals surface area contributed by atoms with Crippen molar-refractivity contribution in [3.63, 3.8) is 0 Å². The highest BCUT2D eigenvalue weighted by Gasteiger charge is 2.28. The lowest BCUT2D eigenvalue weighted by molar-refractivity contribution is 0.980. The molecule has 1 atom stereocenters. The van der Waals surface area contributed by atoms with E-state index in [-0.39, 0.29) is 0 Å². The Morgan fingerprint density at radius 2 is 1.31 bits per heavy atom. The predicted octanol–water partition coefficient (Wildman–Crippen LogP) is 6.74. The van der Waals surface area contributed by atoms with E-state index in [2.05, 4.69) is 91.0 Å². The molecule has 0 aliphatic heterocycles. The maximum atomic E-state index is 2.41. The molecule has 0 nitrogen and oxygen atoms in total. The van der Waals surface area contributed by atoms with Crippen molar-refractivity contribution in [3.05, 3.63) is 107 Å². The molecule has 0 saturated heterocycles. The fourth-order valence-electron chi connectivity index (χ4n) is 4.81. The fraction of sp³-hybridized carbons (Fsp3) is 0.0769. The fourth-order valence-corrected chi connectivity index (χ4v) is 4.81. The molecular formula is C26H18. The van der Waals surface area contributed by atoms with Gasteiger partial charge in [0.2, 0.25) is 0 Å². The van der Waals surface area contributed by atoms with E-state index in [1.807, 2.05) is 0 Å². The molecule has 0 fully saturated rings. The molecule has 4 aromatic carbocycles. The molecule has 0 radical (unpaired) electrons. The van der Waals surface area contributed by atoms with Gasteiger partial charge in [0.25, 0.3) is 0 Å². The number of hydrogen-bond acceptors (Lipinski definition) is 0. The van der Waals surface area contributed by atoms with Crippen LogP contribution >= 0.6 is 0 Å². The molecule has 0 heteroatoms. The average Bonchev–Trinajstić information content (AvgIpc) is 3.32. The van der Waals surface area contributed by atoms with Crippen LogP contribution in [0.3, 0.4) is 0 Å². The van der Waals surface area contributed by atoms with Crippen LogP contribution in [0.15, 0.2) is 84.4 Å². The average molecular weight is 330 g/mol. The predicted molar refractivity (Wildman–Crippen MR) is 111 cm³/mol. The summed E-state index contributed by atoms with van der Waals surface area (Å²) >= 11 is 0. The van der Waals surface area contributed by atoms with Gasteiger partial charge in [-0.25, -0.2) is 0 Å². The van der Waals surface area contributed by atoms with E-state index < -0.39 is 0 Å². The van der Waals surface area contributed by atoms with Crippen LogP contribution in [-0.4, -0.2) is 0 Å². The van der Waals surface area contributed by atoms with Crippen LogP contribution in [0.4, 0.5) is 0 Å². The zero-order valence-corrected chi connectivity index (χ0v) is 14.4. The van der Waals surface area contributed by atoms with Crippen molar-refractivity contribution >= 4 is 33.7 Å². The summed E-state index contributed by atoms with van der Waals surface area (Å²) in [7, 11) is 0. The van der Waals surface area contributed by atoms with Crippen molar-refractivity contribution < 1.29 is 0 Å². The van der Waals surface area contributed by atoms with Crippen LogP contribution in [0, 0.1) is 0 Å². The van der Waals surface area contributed by atoms with Crippen LogP contribution in [0.25, 0.3) is 33.7 Å². The highest BCUT2D eigenvalue weighted by atomic mass is 14.3. The Hall–Kier alpha value is -3.12. The molecule has 0 heterocycles. The van der Waals surface area contributed by atoms with Gasteiger partial charge in [-0.1, -0.05) is 96.6 Å². The minimum Gasteiger partial charge on any atom is -0.0723 e. The van der Waals surface area contributed by atoms with Crippen LogP contribution in [-0.2, 0) is 6.42 Å². The Labute approximate surface area is 153 Å². The summed E-state index contributed by atoms with van der Waals surface area (Å²) in [6.45, 7) is 0. The van der Waals surface area contributed by atoms with E-state index in [9.17, 15) is 0 Å². The largest absolute Gasteiger partial charge is 0.0723 e. The maximum absolute atomic E-state index is 2.41. The normalized spacial score (nSPS) is 17.5. The lowest BCUT2D eigenvalue weighted by atomic mass is 9.85. The Morgan fingerprint density at radius 3 is 2.12 bits per heavy atom. The monoisotopic (exact) mass is 330 g/mol. The van der Waals surface area contributed by atoms with Crippen molar-refractivity contribution in [1.82, 2.24) is 0 Å². The van der Waals surface area contributed by atoms with Gasteiger partial charge in [0.05, 0.1) is 0 Å². The number of benzene rings is 4. The summed E-state index contributed by atoms with van der Waals surface area (Å²) in [6, 6.07) is 26.5. The van der Waals surface area contributed by atoms with Crippen molar-refractivity contribution in [3.8, 4) is 0 Å². The second kappa shape index (κ2) is 5.19. The zero-order valence-electron chi connectivity index (χ0n) is 14.4. The van der Waals surface area contributed by atoms with Gasteiger partial charge in [-0.15, -0.1) is 0 Å². The van der Waals surface area contributed by atoms with Crippen molar-refractivity contribution in [2.75, 3.05) is 0 Å². The number of hydrogen-bond donors (Lipinski definition) is 0. The SMILES string of the molecule is C1=CC(C2=Cc3ccccc3C2)c2c1c1ccccc1c1ccccc21. The molecular weight excluding hydrogens is 312 g/mol. The first-order valence-electron chi connectivity index (χ1n) is 9.30. The molecule has 0 N–H and O–H groups in total. The van der Waals surface area contributed by atoms with E-state index in [1.165, 1.54) is 49.4 Å². The number of rotatable bonds is 1. The molecule has 122 valence electrons. The van der Waals surface area contributed by atoms with Gasteiger partial charge < -0.3 is 0 Å². The molecule has 2 aliphatic carbocycles. The van der Waals surface area contributed by atoms with Gasteiger partial charge in [0.15, 0.2) is 0 Å². The van der Waals surface area contributed by atoms with E-state index in [1.54, 1.807) is 0 Å². The second-order valence-electron chi connectivity index (χ2n) is 7.35. The lowest BCUT2D eigenvalue weighted by Crippen LogP contribution is -2.00. The second-order valence-corrected chi connectivity index (χ2v) is 7.35. The Bertz CT molecular complexity index is 1250. The minimum absolute atomic E-state index is 0.381. The summed E-state index contributed by atoms with van der Waals surface area (Å²) in [5, 5.41) is 5.49. The summed E-state index contributed by atoms with van der Waals surface area (Å²) in [6.07, 6.45) is 8.22. The first-order chi connectivity index (χ1) is 12.9. The van der Waals surface area contributed by atoms with E-state index in [4.69, 9.17) is 0 Å². The zero-order chi connectivity index (χ0) is 17.1. The smallest absolute Gasteiger partial charge is 0.0250 e. The third-order valence-electron chi connectivity index (χ3n) is 5.97. The molecule has 0 spiro atoms. The number of allylic oxidation sites excluding steroid dienone is 2. The van der Waals surface area contributed by atoms with Gasteiger partial charge in [-0.2, -0.15) is 0 Å². The van der Waals surface area contributed by atoms with Crippen molar-refractivity contribution in [2.24, 2.45) is 0 Å². The van der Waals surface area contributed by atoms with Gasteiger partial charge >= 0.3 is 0 Å². The van der Waals surface area contributed by atoms with Crippen LogP contribution < -0.4 is 0 Å². The standard InChI is InChI=1S/C26H18/c1-2-8-18-16-19(15-17(18)7-1)20-13-14-25-23-11-4-3-9-21(23)22-10-5-6-12-24(22)26(20)25/h1-15,20H,16H2. The van der Waals surface area contributed by atoms with Gasteiger partial charge in [-0.05, 0) is 50.2 Å². The van der Waals surface area contributed by atoms with Crippen molar-refractivity contribution in [2.45, 2.75) is 12.3 Å². The Morgan fingerprint density at radius 1 is 0.654 bits per heavy atom. The molecule has 6 rings (SSSR count). The van der Waals surface area contributed by atoms with Crippen LogP contribution in [0.1, 0.15) is 28.2 Å². The van der Waals surface area contributed by atoms with Crippen LogP contribution in [0.2, 0.25) is 0 Å². The quantitative estimate of drug-likeness (QED) is 0.339. The molecule has 0 bridgehead atoms. The highest BCUT2D eigenvalue weighted by Crippen LogP contribution is 2.46. The first kappa shape index (κ1) is 14.1. The summed E-state index contributed by atoms with van der Waals surface area (Å²) in [4.78, 5) is 0. The van der Waals surface area contributed by atoms with E-state index >= 15 is 0 Å². The molecule has 4 aromatic rings. The van der Waals surface area contributed by atoms with Gasteiger partial charge in [0, 0.05) is 5.92 Å². The van der Waals surface area contributed by atoms with E-state index in [0.717, 1.165) is 6.42 Å². The molecule has 0 aromatic heterocycles.